The highest BCUT2D eigenvalue weighted by Gasteiger charge is 2.42. The Morgan fingerprint density at radius 2 is 2.03 bits per heavy atom. The predicted molar refractivity (Wildman–Crippen MR) is 128 cm³/mol. The second-order valence-corrected chi connectivity index (χ2v) is 9.12. The van der Waals surface area contributed by atoms with Gasteiger partial charge >= 0.3 is 5.97 Å². The number of hydrogen-bond acceptors (Lipinski definition) is 7. The molecule has 0 aliphatic carbocycles. The largest absolute Gasteiger partial charge is 0.503 e. The summed E-state index contributed by atoms with van der Waals surface area (Å²) < 4.78 is 11.2. The van der Waals surface area contributed by atoms with Crippen molar-refractivity contribution < 1.29 is 24.2 Å². The average Bonchev–Trinajstić information content (AvgIpc) is 3.03. The zero-order valence-electron chi connectivity index (χ0n) is 16.8. The molecular formula is C22H20BrNO5S2. The van der Waals surface area contributed by atoms with Crippen molar-refractivity contribution in [3.63, 3.8) is 0 Å². The number of hydrogen-bond donors (Lipinski definition) is 1. The van der Waals surface area contributed by atoms with Crippen molar-refractivity contribution in [3.05, 3.63) is 63.0 Å². The number of phenols is 1. The summed E-state index contributed by atoms with van der Waals surface area (Å²) in [6.45, 7) is 2.16. The molecule has 0 saturated carbocycles. The minimum Gasteiger partial charge on any atom is -0.503 e. The molecule has 1 amide bonds. The number of thiocarbonyl (C=S) groups is 1. The first-order chi connectivity index (χ1) is 14.9. The summed E-state index contributed by atoms with van der Waals surface area (Å²) >= 11 is 9.84. The van der Waals surface area contributed by atoms with Crippen LogP contribution >= 0.6 is 39.9 Å². The number of esters is 1. The molecule has 162 valence electrons. The fourth-order valence-corrected chi connectivity index (χ4v) is 4.77. The third-order valence-corrected chi connectivity index (χ3v) is 6.37. The number of carbonyl (C=O) groups is 2. The number of rotatable bonds is 7. The van der Waals surface area contributed by atoms with E-state index in [0.717, 1.165) is 11.8 Å². The monoisotopic (exact) mass is 521 g/mol. The number of halogens is 1. The minimum absolute atomic E-state index is 0.0324. The molecule has 9 heteroatoms. The summed E-state index contributed by atoms with van der Waals surface area (Å²) in [5.74, 6) is -0.684. The predicted octanol–water partition coefficient (Wildman–Crippen LogP) is 5.06. The number of benzene rings is 2. The van der Waals surface area contributed by atoms with E-state index in [2.05, 4.69) is 15.9 Å². The Hall–Kier alpha value is -2.36. The molecule has 3 rings (SSSR count). The zero-order chi connectivity index (χ0) is 22.5. The molecule has 1 unspecified atom stereocenters. The molecule has 31 heavy (non-hydrogen) atoms. The maximum atomic E-state index is 13.3. The van der Waals surface area contributed by atoms with E-state index in [4.69, 9.17) is 21.7 Å². The lowest BCUT2D eigenvalue weighted by Gasteiger charge is -2.25. The first-order valence-corrected chi connectivity index (χ1v) is 11.4. The second kappa shape index (κ2) is 10.3. The maximum Gasteiger partial charge on any atom is 0.333 e. The lowest BCUT2D eigenvalue weighted by Crippen LogP contribution is -2.38. The van der Waals surface area contributed by atoms with E-state index in [1.54, 1.807) is 42.5 Å². The molecule has 1 saturated heterocycles. The number of nitrogens with zero attached hydrogens (tertiary/aromatic N) is 1. The molecule has 6 nitrogen and oxygen atoms in total. The topological polar surface area (TPSA) is 76.1 Å². The van der Waals surface area contributed by atoms with Gasteiger partial charge in [-0.15, -0.1) is 0 Å². The molecule has 0 bridgehead atoms. The van der Waals surface area contributed by atoms with Gasteiger partial charge in [0.2, 0.25) is 0 Å². The molecule has 2 aromatic rings. The van der Waals surface area contributed by atoms with Crippen molar-refractivity contribution in [2.45, 2.75) is 19.4 Å². The lowest BCUT2D eigenvalue weighted by atomic mass is 10.1. The first-order valence-electron chi connectivity index (χ1n) is 9.42. The van der Waals surface area contributed by atoms with E-state index in [-0.39, 0.29) is 28.3 Å². The molecule has 1 fully saturated rings. The van der Waals surface area contributed by atoms with Gasteiger partial charge in [0.15, 0.2) is 17.5 Å². The standard InChI is InChI=1S/C22H20BrNO5S2/c1-3-9-29-21(27)18(14-7-5-4-6-8-14)24-20(26)17(31-22(24)30)12-13-10-15(23)19(25)16(11-13)28-2/h4-8,10-12,18,25H,3,9H2,1-2H3/b17-12+. The highest BCUT2D eigenvalue weighted by Crippen LogP contribution is 2.41. The Morgan fingerprint density at radius 3 is 2.68 bits per heavy atom. The molecule has 1 atom stereocenters. The zero-order valence-corrected chi connectivity index (χ0v) is 20.1. The molecule has 0 radical (unpaired) electrons. The fraction of sp³-hybridized carbons (Fsp3) is 0.227. The van der Waals surface area contributed by atoms with Gasteiger partial charge in [-0.25, -0.2) is 4.79 Å². The normalized spacial score (nSPS) is 16.0. The van der Waals surface area contributed by atoms with Crippen LogP contribution in [0.5, 0.6) is 11.5 Å². The Kier molecular flexibility index (Phi) is 7.74. The van der Waals surface area contributed by atoms with E-state index in [0.29, 0.717) is 26.9 Å². The Labute approximate surface area is 198 Å². The van der Waals surface area contributed by atoms with Crippen molar-refractivity contribution in [1.82, 2.24) is 4.90 Å². The van der Waals surface area contributed by atoms with Crippen LogP contribution in [-0.4, -0.2) is 39.9 Å². The van der Waals surface area contributed by atoms with Gasteiger partial charge in [0, 0.05) is 0 Å². The molecule has 1 aliphatic heterocycles. The van der Waals surface area contributed by atoms with Crippen molar-refractivity contribution >= 4 is 62.2 Å². The van der Waals surface area contributed by atoms with Gasteiger partial charge in [-0.3, -0.25) is 9.69 Å². The summed E-state index contributed by atoms with van der Waals surface area (Å²) in [5, 5.41) is 10.0. The van der Waals surface area contributed by atoms with Gasteiger partial charge in [0.05, 0.1) is 23.1 Å². The number of methoxy groups -OCH3 is 1. The minimum atomic E-state index is -0.966. The van der Waals surface area contributed by atoms with Crippen LogP contribution in [0.4, 0.5) is 0 Å². The SMILES string of the molecule is CCCOC(=O)C(c1ccccc1)N1C(=O)/C(=C\c2cc(Br)c(O)c(OC)c2)SC1=S. The van der Waals surface area contributed by atoms with Crippen molar-refractivity contribution in [2.75, 3.05) is 13.7 Å². The van der Waals surface area contributed by atoms with Gasteiger partial charge in [0.1, 0.15) is 4.32 Å². The number of thioether (sulfide) groups is 1. The van der Waals surface area contributed by atoms with E-state index in [1.165, 1.54) is 12.0 Å². The highest BCUT2D eigenvalue weighted by molar-refractivity contribution is 9.10. The van der Waals surface area contributed by atoms with E-state index < -0.39 is 12.0 Å². The molecular weight excluding hydrogens is 502 g/mol. The van der Waals surface area contributed by atoms with Crippen LogP contribution in [0.2, 0.25) is 0 Å². The first kappa shape index (κ1) is 23.3. The maximum absolute atomic E-state index is 13.3. The quantitative estimate of drug-likeness (QED) is 0.310. The van der Waals surface area contributed by atoms with E-state index in [9.17, 15) is 14.7 Å². The Balaban J connectivity index is 1.98. The summed E-state index contributed by atoms with van der Waals surface area (Å²) in [7, 11) is 1.44. The van der Waals surface area contributed by atoms with Crippen LogP contribution in [0.3, 0.4) is 0 Å². The Bertz CT molecular complexity index is 1040. The van der Waals surface area contributed by atoms with Gasteiger partial charge in [-0.2, -0.15) is 0 Å². The van der Waals surface area contributed by atoms with Crippen molar-refractivity contribution in [2.24, 2.45) is 0 Å². The van der Waals surface area contributed by atoms with Crippen LogP contribution in [0.25, 0.3) is 6.08 Å². The number of carbonyl (C=O) groups excluding carboxylic acids is 2. The van der Waals surface area contributed by atoms with E-state index >= 15 is 0 Å². The lowest BCUT2D eigenvalue weighted by molar-refractivity contribution is -0.151. The van der Waals surface area contributed by atoms with Gasteiger partial charge in [-0.1, -0.05) is 61.2 Å². The van der Waals surface area contributed by atoms with Crippen molar-refractivity contribution in [1.29, 1.82) is 0 Å². The van der Waals surface area contributed by atoms with Crippen LogP contribution in [0, 0.1) is 0 Å². The molecule has 0 aromatic heterocycles. The third-order valence-electron chi connectivity index (χ3n) is 4.44. The molecule has 1 aliphatic rings. The average molecular weight is 522 g/mol. The fourth-order valence-electron chi connectivity index (χ4n) is 2.99. The van der Waals surface area contributed by atoms with Crippen LogP contribution in [0.15, 0.2) is 51.8 Å². The summed E-state index contributed by atoms with van der Waals surface area (Å²) in [6, 6.07) is 11.3. The summed E-state index contributed by atoms with van der Waals surface area (Å²) in [4.78, 5) is 27.8. The highest BCUT2D eigenvalue weighted by atomic mass is 79.9. The molecule has 2 aromatic carbocycles. The smallest absolute Gasteiger partial charge is 0.333 e. The number of amides is 1. The van der Waals surface area contributed by atoms with Crippen LogP contribution in [-0.2, 0) is 14.3 Å². The molecule has 1 heterocycles. The van der Waals surface area contributed by atoms with Gasteiger partial charge in [-0.05, 0) is 51.7 Å². The summed E-state index contributed by atoms with van der Waals surface area (Å²) in [5.41, 5.74) is 1.25. The van der Waals surface area contributed by atoms with Crippen LogP contribution in [0.1, 0.15) is 30.5 Å². The van der Waals surface area contributed by atoms with Crippen LogP contribution < -0.4 is 4.74 Å². The number of ether oxygens (including phenoxy) is 2. The Morgan fingerprint density at radius 1 is 1.32 bits per heavy atom. The third kappa shape index (κ3) is 5.11. The molecule has 1 N–H and O–H groups in total. The van der Waals surface area contributed by atoms with Crippen molar-refractivity contribution in [3.8, 4) is 11.5 Å². The van der Waals surface area contributed by atoms with Gasteiger partial charge < -0.3 is 14.6 Å². The van der Waals surface area contributed by atoms with Gasteiger partial charge in [0.25, 0.3) is 5.91 Å². The van der Waals surface area contributed by atoms with E-state index in [1.807, 2.05) is 13.0 Å². The number of phenolic OH excluding ortho intramolecular Hbond substituents is 1. The molecule has 0 spiro atoms. The number of aromatic hydroxyl groups is 1. The second-order valence-electron chi connectivity index (χ2n) is 6.59. The summed E-state index contributed by atoms with van der Waals surface area (Å²) in [6.07, 6.45) is 2.31.